The second kappa shape index (κ2) is 3.96. The number of piperidine rings is 1. The molecule has 1 heterocycles. The smallest absolute Gasteiger partial charge is 0.226 e. The van der Waals surface area contributed by atoms with Gasteiger partial charge in [-0.15, -0.1) is 0 Å². The topological polar surface area (TPSA) is 32.3 Å². The van der Waals surface area contributed by atoms with Gasteiger partial charge < -0.3 is 10.2 Å². The van der Waals surface area contributed by atoms with E-state index in [0.717, 1.165) is 25.6 Å². The van der Waals surface area contributed by atoms with E-state index in [1.807, 2.05) is 0 Å². The number of hydrogen-bond acceptors (Lipinski definition) is 2. The number of amides is 1. The van der Waals surface area contributed by atoms with Gasteiger partial charge in [-0.25, -0.2) is 0 Å². The molecule has 3 nitrogen and oxygen atoms in total. The zero-order valence-corrected chi connectivity index (χ0v) is 11.2. The first kappa shape index (κ1) is 11.3. The Balaban J connectivity index is 1.42. The standard InChI is InChI=1S/C15H24N2O/c18-14(13-9-15(13)5-7-16-8-6-15)17(12-3-4-12)10-11-1-2-11/h11-13,16H,1-10H2. The Labute approximate surface area is 109 Å². The van der Waals surface area contributed by atoms with Gasteiger partial charge in [0, 0.05) is 18.5 Å². The van der Waals surface area contributed by atoms with Crippen molar-refractivity contribution < 1.29 is 4.79 Å². The Bertz CT molecular complexity index is 354. The molecule has 100 valence electrons. The van der Waals surface area contributed by atoms with Crippen molar-refractivity contribution in [3.63, 3.8) is 0 Å². The summed E-state index contributed by atoms with van der Waals surface area (Å²) < 4.78 is 0. The summed E-state index contributed by atoms with van der Waals surface area (Å²) in [5.41, 5.74) is 0.416. The second-order valence-electron chi connectivity index (χ2n) is 7.03. The Morgan fingerprint density at radius 2 is 1.89 bits per heavy atom. The fourth-order valence-corrected chi connectivity index (χ4v) is 3.76. The molecule has 3 saturated carbocycles. The second-order valence-corrected chi connectivity index (χ2v) is 7.03. The van der Waals surface area contributed by atoms with Crippen LogP contribution in [-0.4, -0.2) is 36.5 Å². The maximum atomic E-state index is 12.7. The first-order valence-corrected chi connectivity index (χ1v) is 7.80. The summed E-state index contributed by atoms with van der Waals surface area (Å²) in [6, 6.07) is 0.623. The summed E-state index contributed by atoms with van der Waals surface area (Å²) >= 11 is 0. The van der Waals surface area contributed by atoms with E-state index in [2.05, 4.69) is 10.2 Å². The first-order chi connectivity index (χ1) is 8.78. The van der Waals surface area contributed by atoms with Crippen molar-refractivity contribution in [2.24, 2.45) is 17.3 Å². The maximum absolute atomic E-state index is 12.7. The fraction of sp³-hybridized carbons (Fsp3) is 0.933. The van der Waals surface area contributed by atoms with Crippen LogP contribution in [0.4, 0.5) is 0 Å². The third kappa shape index (κ3) is 1.97. The fourth-order valence-electron chi connectivity index (χ4n) is 3.76. The summed E-state index contributed by atoms with van der Waals surface area (Å²) in [6.45, 7) is 3.32. The van der Waals surface area contributed by atoms with Crippen LogP contribution in [-0.2, 0) is 4.79 Å². The molecule has 3 heteroatoms. The van der Waals surface area contributed by atoms with Gasteiger partial charge in [-0.05, 0) is 69.4 Å². The van der Waals surface area contributed by atoms with E-state index in [4.69, 9.17) is 0 Å². The summed E-state index contributed by atoms with van der Waals surface area (Å²) in [5, 5.41) is 3.42. The molecule has 1 unspecified atom stereocenters. The van der Waals surface area contributed by atoms with Crippen molar-refractivity contribution in [3.8, 4) is 0 Å². The maximum Gasteiger partial charge on any atom is 0.226 e. The van der Waals surface area contributed by atoms with Crippen molar-refractivity contribution in [1.82, 2.24) is 10.2 Å². The number of carbonyl (C=O) groups excluding carboxylic acids is 1. The van der Waals surface area contributed by atoms with Gasteiger partial charge in [0.15, 0.2) is 0 Å². The molecule has 4 aliphatic rings. The van der Waals surface area contributed by atoms with Gasteiger partial charge in [0.25, 0.3) is 0 Å². The van der Waals surface area contributed by atoms with Crippen LogP contribution in [0, 0.1) is 17.3 Å². The Kier molecular flexibility index (Phi) is 2.48. The van der Waals surface area contributed by atoms with Gasteiger partial charge >= 0.3 is 0 Å². The Hall–Kier alpha value is -0.570. The number of nitrogens with one attached hydrogen (secondary N) is 1. The van der Waals surface area contributed by atoms with Gasteiger partial charge in [-0.2, -0.15) is 0 Å². The highest BCUT2D eigenvalue weighted by Crippen LogP contribution is 2.59. The summed E-state index contributed by atoms with van der Waals surface area (Å²) in [5.74, 6) is 1.75. The van der Waals surface area contributed by atoms with Crippen molar-refractivity contribution in [2.45, 2.75) is 51.0 Å². The lowest BCUT2D eigenvalue weighted by Gasteiger charge is -2.27. The summed E-state index contributed by atoms with van der Waals surface area (Å²) in [4.78, 5) is 15.0. The number of nitrogens with zero attached hydrogens (tertiary/aromatic N) is 1. The van der Waals surface area contributed by atoms with Crippen LogP contribution in [0.15, 0.2) is 0 Å². The van der Waals surface area contributed by atoms with Gasteiger partial charge in [0.1, 0.15) is 0 Å². The highest BCUT2D eigenvalue weighted by atomic mass is 16.2. The minimum absolute atomic E-state index is 0.388. The normalized spacial score (nSPS) is 33.4. The molecule has 0 aromatic carbocycles. The van der Waals surface area contributed by atoms with Crippen molar-refractivity contribution >= 4 is 5.91 Å². The molecule has 4 fully saturated rings. The molecule has 1 amide bonds. The molecule has 18 heavy (non-hydrogen) atoms. The van der Waals surface area contributed by atoms with Gasteiger partial charge in [-0.1, -0.05) is 0 Å². The molecule has 0 bridgehead atoms. The minimum Gasteiger partial charge on any atom is -0.339 e. The van der Waals surface area contributed by atoms with Crippen molar-refractivity contribution in [1.29, 1.82) is 0 Å². The zero-order valence-electron chi connectivity index (χ0n) is 11.2. The third-order valence-corrected chi connectivity index (χ3v) is 5.51. The van der Waals surface area contributed by atoms with Crippen LogP contribution < -0.4 is 5.32 Å². The van der Waals surface area contributed by atoms with Crippen molar-refractivity contribution in [2.75, 3.05) is 19.6 Å². The van der Waals surface area contributed by atoms with E-state index in [9.17, 15) is 4.79 Å². The average molecular weight is 248 g/mol. The lowest BCUT2D eigenvalue weighted by Crippen LogP contribution is -2.39. The average Bonchev–Trinajstić information content (AvgIpc) is 3.22. The SMILES string of the molecule is O=C(C1CC12CCNCC2)N(CC1CC1)C1CC1. The Morgan fingerprint density at radius 3 is 2.50 bits per heavy atom. The monoisotopic (exact) mass is 248 g/mol. The van der Waals surface area contributed by atoms with E-state index >= 15 is 0 Å². The van der Waals surface area contributed by atoms with Crippen LogP contribution in [0.1, 0.15) is 44.9 Å². The highest BCUT2D eigenvalue weighted by molar-refractivity contribution is 5.83. The van der Waals surface area contributed by atoms with Crippen molar-refractivity contribution in [3.05, 3.63) is 0 Å². The van der Waals surface area contributed by atoms with Crippen LogP contribution in [0.5, 0.6) is 0 Å². The largest absolute Gasteiger partial charge is 0.339 e. The van der Waals surface area contributed by atoms with E-state index in [1.54, 1.807) is 0 Å². The molecular weight excluding hydrogens is 224 g/mol. The number of carbonyl (C=O) groups is 1. The van der Waals surface area contributed by atoms with Gasteiger partial charge in [-0.3, -0.25) is 4.79 Å². The lowest BCUT2D eigenvalue weighted by atomic mass is 9.91. The molecule has 4 rings (SSSR count). The molecule has 1 atom stereocenters. The van der Waals surface area contributed by atoms with Gasteiger partial charge in [0.05, 0.1) is 0 Å². The molecule has 3 aliphatic carbocycles. The molecule has 1 N–H and O–H groups in total. The summed E-state index contributed by atoms with van der Waals surface area (Å²) in [7, 11) is 0. The van der Waals surface area contributed by atoms with Gasteiger partial charge in [0.2, 0.25) is 5.91 Å². The van der Waals surface area contributed by atoms with E-state index in [-0.39, 0.29) is 0 Å². The predicted octanol–water partition coefficient (Wildman–Crippen LogP) is 1.78. The molecular formula is C15H24N2O. The number of rotatable bonds is 4. The molecule has 0 radical (unpaired) electrons. The quantitative estimate of drug-likeness (QED) is 0.822. The molecule has 1 spiro atoms. The zero-order chi connectivity index (χ0) is 12.2. The van der Waals surface area contributed by atoms with E-state index in [0.29, 0.717) is 23.3 Å². The minimum atomic E-state index is 0.388. The third-order valence-electron chi connectivity index (χ3n) is 5.51. The van der Waals surface area contributed by atoms with Crippen LogP contribution >= 0.6 is 0 Å². The lowest BCUT2D eigenvalue weighted by molar-refractivity contribution is -0.134. The summed E-state index contributed by atoms with van der Waals surface area (Å²) in [6.07, 6.45) is 8.88. The predicted molar refractivity (Wildman–Crippen MR) is 70.1 cm³/mol. The van der Waals surface area contributed by atoms with Crippen LogP contribution in [0.3, 0.4) is 0 Å². The highest BCUT2D eigenvalue weighted by Gasteiger charge is 2.59. The van der Waals surface area contributed by atoms with E-state index in [1.165, 1.54) is 44.9 Å². The van der Waals surface area contributed by atoms with Crippen LogP contribution in [0.2, 0.25) is 0 Å². The van der Waals surface area contributed by atoms with Crippen LogP contribution in [0.25, 0.3) is 0 Å². The van der Waals surface area contributed by atoms with E-state index < -0.39 is 0 Å². The number of hydrogen-bond donors (Lipinski definition) is 1. The molecule has 1 aliphatic heterocycles. The first-order valence-electron chi connectivity index (χ1n) is 7.80. The molecule has 1 saturated heterocycles. The molecule has 0 aromatic heterocycles. The molecule has 0 aromatic rings. The Morgan fingerprint density at radius 1 is 1.17 bits per heavy atom.